The van der Waals surface area contributed by atoms with Crippen LogP contribution in [0, 0.1) is 6.92 Å². The Labute approximate surface area is 197 Å². The lowest BCUT2D eigenvalue weighted by Gasteiger charge is -2.35. The highest BCUT2D eigenvalue weighted by Gasteiger charge is 2.23. The first-order valence-corrected chi connectivity index (χ1v) is 10.9. The molecule has 0 saturated carbocycles. The number of rotatable bonds is 7. The fraction of sp³-hybridized carbons (Fsp3) is 0.636. The second-order valence-corrected chi connectivity index (χ2v) is 7.74. The average molecular weight is 529 g/mol. The Hall–Kier alpha value is -1.39. The van der Waals surface area contributed by atoms with Crippen molar-refractivity contribution >= 4 is 35.8 Å². The van der Waals surface area contributed by atoms with Gasteiger partial charge in [-0.2, -0.15) is 0 Å². The molecule has 2 fully saturated rings. The van der Waals surface area contributed by atoms with E-state index in [-0.39, 0.29) is 42.5 Å². The maximum absolute atomic E-state index is 12.3. The second-order valence-electron chi connectivity index (χ2n) is 7.74. The van der Waals surface area contributed by atoms with Gasteiger partial charge in [0.25, 0.3) is 0 Å². The van der Waals surface area contributed by atoms with E-state index in [0.29, 0.717) is 5.96 Å². The number of aryl methyl sites for hydroxylation is 1. The molecule has 0 radical (unpaired) electrons. The van der Waals surface area contributed by atoms with Crippen molar-refractivity contribution in [2.45, 2.75) is 32.7 Å². The third-order valence-electron chi connectivity index (χ3n) is 5.59. The van der Waals surface area contributed by atoms with Crippen molar-refractivity contribution in [1.29, 1.82) is 0 Å². The van der Waals surface area contributed by atoms with Crippen molar-refractivity contribution in [3.8, 4) is 0 Å². The summed E-state index contributed by atoms with van der Waals surface area (Å²) in [4.78, 5) is 21.2. The van der Waals surface area contributed by atoms with Crippen molar-refractivity contribution < 1.29 is 9.53 Å². The van der Waals surface area contributed by atoms with Crippen molar-refractivity contribution in [2.24, 2.45) is 4.99 Å². The first-order chi connectivity index (χ1) is 14.2. The lowest BCUT2D eigenvalue weighted by atomic mass is 10.0. The van der Waals surface area contributed by atoms with Crippen LogP contribution in [0.3, 0.4) is 0 Å². The fourth-order valence-corrected chi connectivity index (χ4v) is 3.88. The van der Waals surface area contributed by atoms with Gasteiger partial charge in [0.15, 0.2) is 5.96 Å². The fourth-order valence-electron chi connectivity index (χ4n) is 3.88. The molecule has 0 bridgehead atoms. The highest BCUT2D eigenvalue weighted by atomic mass is 127. The molecule has 7 nitrogen and oxygen atoms in total. The van der Waals surface area contributed by atoms with Gasteiger partial charge in [0.05, 0.1) is 19.3 Å². The molecule has 168 valence electrons. The van der Waals surface area contributed by atoms with Crippen LogP contribution in [0.5, 0.6) is 0 Å². The molecule has 8 heteroatoms. The molecule has 2 saturated heterocycles. The van der Waals surface area contributed by atoms with E-state index in [0.717, 1.165) is 65.3 Å². The molecule has 2 aliphatic rings. The number of ether oxygens (including phenoxy) is 1. The topological polar surface area (TPSA) is 69.2 Å². The summed E-state index contributed by atoms with van der Waals surface area (Å²) in [6.07, 6.45) is 2.21. The molecule has 0 aliphatic carbocycles. The first-order valence-electron chi connectivity index (χ1n) is 10.9. The number of carbonyl (C=O) groups excluding carboxylic acids is 1. The molecule has 1 atom stereocenters. The molecular formula is C22H36IN5O2. The van der Waals surface area contributed by atoms with E-state index >= 15 is 0 Å². The zero-order valence-corrected chi connectivity index (χ0v) is 20.6. The number of aliphatic imine (C=N–C) groups is 1. The average Bonchev–Trinajstić information content (AvgIpc) is 3.29. The Bertz CT molecular complexity index is 671. The van der Waals surface area contributed by atoms with Gasteiger partial charge in [-0.3, -0.25) is 9.69 Å². The number of guanidine groups is 1. The molecule has 1 aromatic rings. The van der Waals surface area contributed by atoms with Crippen LogP contribution >= 0.6 is 24.0 Å². The van der Waals surface area contributed by atoms with Gasteiger partial charge in [-0.25, -0.2) is 4.99 Å². The predicted molar refractivity (Wildman–Crippen MR) is 132 cm³/mol. The van der Waals surface area contributed by atoms with Gasteiger partial charge in [0, 0.05) is 39.3 Å². The summed E-state index contributed by atoms with van der Waals surface area (Å²) in [6, 6.07) is 8.97. The number of morpholine rings is 1. The van der Waals surface area contributed by atoms with Crippen LogP contribution in [0.2, 0.25) is 0 Å². The van der Waals surface area contributed by atoms with Crippen LogP contribution < -0.4 is 10.6 Å². The van der Waals surface area contributed by atoms with Gasteiger partial charge >= 0.3 is 0 Å². The largest absolute Gasteiger partial charge is 0.379 e. The van der Waals surface area contributed by atoms with Crippen LogP contribution in [0.1, 0.15) is 36.9 Å². The normalized spacial score (nSPS) is 18.6. The van der Waals surface area contributed by atoms with E-state index in [4.69, 9.17) is 4.74 Å². The number of likely N-dealkylation sites (tertiary alicyclic amines) is 1. The van der Waals surface area contributed by atoms with E-state index in [9.17, 15) is 4.79 Å². The Kier molecular flexibility index (Phi) is 10.9. The van der Waals surface area contributed by atoms with Gasteiger partial charge < -0.3 is 20.3 Å². The van der Waals surface area contributed by atoms with E-state index in [2.05, 4.69) is 51.7 Å². The number of amides is 1. The molecular weight excluding hydrogens is 493 g/mol. The highest BCUT2D eigenvalue weighted by Crippen LogP contribution is 2.21. The van der Waals surface area contributed by atoms with Crippen molar-refractivity contribution in [3.05, 3.63) is 35.4 Å². The number of nitrogens with zero attached hydrogens (tertiary/aromatic N) is 3. The molecule has 3 rings (SSSR count). The van der Waals surface area contributed by atoms with E-state index < -0.39 is 0 Å². The van der Waals surface area contributed by atoms with E-state index in [1.807, 2.05) is 11.8 Å². The summed E-state index contributed by atoms with van der Waals surface area (Å²) in [7, 11) is 0. The quantitative estimate of drug-likeness (QED) is 0.322. The third kappa shape index (κ3) is 7.39. The summed E-state index contributed by atoms with van der Waals surface area (Å²) in [5.74, 6) is 0.813. The van der Waals surface area contributed by atoms with E-state index in [1.165, 1.54) is 11.1 Å². The summed E-state index contributed by atoms with van der Waals surface area (Å²) in [6.45, 7) is 10.9. The second kappa shape index (κ2) is 13.1. The standard InChI is InChI=1S/C22H35N5O2.HI/c1-3-23-22(25-17-21(28)27-10-4-5-11-27)24-16-20(26-12-14-29-15-13-26)19-8-6-18(2)7-9-19;/h6-9,20H,3-5,10-17H2,1-2H3,(H2,23,24,25);1H. The Morgan fingerprint density at radius 1 is 1.10 bits per heavy atom. The molecule has 1 amide bonds. The van der Waals surface area contributed by atoms with Crippen molar-refractivity contribution in [2.75, 3.05) is 59.0 Å². The Morgan fingerprint density at radius 3 is 2.40 bits per heavy atom. The smallest absolute Gasteiger partial charge is 0.244 e. The van der Waals surface area contributed by atoms with Gasteiger partial charge in [0.2, 0.25) is 5.91 Å². The maximum Gasteiger partial charge on any atom is 0.244 e. The third-order valence-corrected chi connectivity index (χ3v) is 5.59. The number of hydrogen-bond donors (Lipinski definition) is 2. The predicted octanol–water partition coefficient (Wildman–Crippen LogP) is 2.16. The number of halogens is 1. The number of carbonyl (C=O) groups is 1. The van der Waals surface area contributed by atoms with Crippen LogP contribution in [0.4, 0.5) is 0 Å². The Balaban J connectivity index is 0.00000320. The SMILES string of the molecule is CCNC(=NCC(=O)N1CCCC1)NCC(c1ccc(C)cc1)N1CCOCC1.I. The minimum Gasteiger partial charge on any atom is -0.379 e. The molecule has 1 aromatic carbocycles. The van der Waals surface area contributed by atoms with Gasteiger partial charge in [0.1, 0.15) is 6.54 Å². The molecule has 30 heavy (non-hydrogen) atoms. The van der Waals surface area contributed by atoms with Gasteiger partial charge in [-0.05, 0) is 32.3 Å². The minimum absolute atomic E-state index is 0. The van der Waals surface area contributed by atoms with Crippen LogP contribution in [0.25, 0.3) is 0 Å². The molecule has 2 heterocycles. The number of nitrogens with one attached hydrogen (secondary N) is 2. The molecule has 2 aliphatic heterocycles. The monoisotopic (exact) mass is 529 g/mol. The van der Waals surface area contributed by atoms with Crippen molar-refractivity contribution in [1.82, 2.24) is 20.4 Å². The number of benzene rings is 1. The highest BCUT2D eigenvalue weighted by molar-refractivity contribution is 14.0. The maximum atomic E-state index is 12.3. The summed E-state index contributed by atoms with van der Waals surface area (Å²) in [5.41, 5.74) is 2.55. The van der Waals surface area contributed by atoms with Gasteiger partial charge in [-0.1, -0.05) is 29.8 Å². The minimum atomic E-state index is 0. The molecule has 0 aromatic heterocycles. The molecule has 0 spiro atoms. The van der Waals surface area contributed by atoms with Crippen LogP contribution in [0.15, 0.2) is 29.3 Å². The summed E-state index contributed by atoms with van der Waals surface area (Å²) in [5, 5.41) is 6.74. The zero-order chi connectivity index (χ0) is 20.5. The summed E-state index contributed by atoms with van der Waals surface area (Å²) >= 11 is 0. The lowest BCUT2D eigenvalue weighted by Crippen LogP contribution is -2.46. The number of hydrogen-bond acceptors (Lipinski definition) is 4. The first kappa shape index (κ1) is 24.9. The van der Waals surface area contributed by atoms with Crippen LogP contribution in [-0.4, -0.2) is 80.7 Å². The zero-order valence-electron chi connectivity index (χ0n) is 18.2. The molecule has 2 N–H and O–H groups in total. The lowest BCUT2D eigenvalue weighted by molar-refractivity contribution is -0.128. The van der Waals surface area contributed by atoms with Crippen molar-refractivity contribution in [3.63, 3.8) is 0 Å². The summed E-state index contributed by atoms with van der Waals surface area (Å²) < 4.78 is 5.54. The molecule has 1 unspecified atom stereocenters. The van der Waals surface area contributed by atoms with Crippen LogP contribution in [-0.2, 0) is 9.53 Å². The van der Waals surface area contributed by atoms with E-state index in [1.54, 1.807) is 0 Å². The Morgan fingerprint density at radius 2 is 1.77 bits per heavy atom. The van der Waals surface area contributed by atoms with Gasteiger partial charge in [-0.15, -0.1) is 24.0 Å².